The van der Waals surface area contributed by atoms with Crippen LogP contribution in [0.4, 0.5) is 5.69 Å². The minimum atomic E-state index is -0.559. The number of carbonyl (C=O) groups excluding carboxylic acids is 1. The number of carbonyl (C=O) groups is 1. The number of nitrogens with one attached hydrogen (secondary N) is 1. The predicted molar refractivity (Wildman–Crippen MR) is 95.2 cm³/mol. The van der Waals surface area contributed by atoms with Gasteiger partial charge in [-0.3, -0.25) is 14.9 Å². The van der Waals surface area contributed by atoms with Crippen molar-refractivity contribution in [2.24, 2.45) is 7.05 Å². The van der Waals surface area contributed by atoms with Gasteiger partial charge in [0, 0.05) is 61.8 Å². The molecule has 0 aliphatic carbocycles. The van der Waals surface area contributed by atoms with Crippen LogP contribution < -0.4 is 5.32 Å². The van der Waals surface area contributed by atoms with Gasteiger partial charge < -0.3 is 14.8 Å². The first-order chi connectivity index (χ1) is 11.5. The number of aromatic nitrogens is 2. The second-order valence-electron chi connectivity index (χ2n) is 5.57. The Morgan fingerprint density at radius 1 is 1.44 bits per heavy atom. The van der Waals surface area contributed by atoms with Crippen LogP contribution in [0.3, 0.4) is 0 Å². The molecule has 134 valence electrons. The minimum Gasteiger partial charge on any atom is -0.336 e. The van der Waals surface area contributed by atoms with E-state index in [1.54, 1.807) is 11.1 Å². The second kappa shape index (κ2) is 7.81. The number of aryl methyl sites for hydroxylation is 1. The van der Waals surface area contributed by atoms with E-state index in [0.29, 0.717) is 19.6 Å². The van der Waals surface area contributed by atoms with Gasteiger partial charge in [-0.15, -0.1) is 12.4 Å². The molecular formula is C15H17Cl2N5O3. The number of nitro benzene ring substituents is 1. The predicted octanol–water partition coefficient (Wildman–Crippen LogP) is 2.19. The zero-order chi connectivity index (χ0) is 17.3. The monoisotopic (exact) mass is 385 g/mol. The molecule has 1 saturated heterocycles. The van der Waals surface area contributed by atoms with Crippen LogP contribution in [-0.4, -0.2) is 44.9 Å². The summed E-state index contributed by atoms with van der Waals surface area (Å²) in [5.41, 5.74) is 0.00448. The summed E-state index contributed by atoms with van der Waals surface area (Å²) in [6.07, 6.45) is 3.49. The van der Waals surface area contributed by atoms with Crippen LogP contribution in [0.2, 0.25) is 5.02 Å². The van der Waals surface area contributed by atoms with Gasteiger partial charge >= 0.3 is 0 Å². The Morgan fingerprint density at radius 2 is 2.20 bits per heavy atom. The lowest BCUT2D eigenvalue weighted by Crippen LogP contribution is -2.49. The van der Waals surface area contributed by atoms with Crippen molar-refractivity contribution in [2.75, 3.05) is 19.6 Å². The van der Waals surface area contributed by atoms with Crippen molar-refractivity contribution in [1.29, 1.82) is 0 Å². The third kappa shape index (κ3) is 3.92. The van der Waals surface area contributed by atoms with Gasteiger partial charge in [-0.1, -0.05) is 11.6 Å². The van der Waals surface area contributed by atoms with Crippen molar-refractivity contribution in [3.63, 3.8) is 0 Å². The molecule has 2 heterocycles. The molecule has 1 aliphatic heterocycles. The first-order valence-electron chi connectivity index (χ1n) is 7.41. The van der Waals surface area contributed by atoms with Crippen LogP contribution in [0, 0.1) is 10.1 Å². The molecule has 3 rings (SSSR count). The van der Waals surface area contributed by atoms with Crippen LogP contribution in [0.15, 0.2) is 30.6 Å². The molecule has 25 heavy (non-hydrogen) atoms. The topological polar surface area (TPSA) is 93.3 Å². The average molecular weight is 386 g/mol. The van der Waals surface area contributed by atoms with Crippen LogP contribution in [-0.2, 0) is 7.05 Å². The maximum atomic E-state index is 12.9. The van der Waals surface area contributed by atoms with Crippen molar-refractivity contribution >= 4 is 35.6 Å². The van der Waals surface area contributed by atoms with Crippen molar-refractivity contribution in [3.05, 3.63) is 57.1 Å². The van der Waals surface area contributed by atoms with E-state index in [0.717, 1.165) is 5.82 Å². The molecule has 1 aromatic heterocycles. The van der Waals surface area contributed by atoms with E-state index in [9.17, 15) is 14.9 Å². The SMILES string of the molecule is Cl.Cn1ccnc1C1CNCCN1C(=O)c1cc(Cl)cc([N+](=O)[O-])c1. The van der Waals surface area contributed by atoms with Crippen LogP contribution >= 0.6 is 24.0 Å². The van der Waals surface area contributed by atoms with E-state index >= 15 is 0 Å². The van der Waals surface area contributed by atoms with Crippen LogP contribution in [0.1, 0.15) is 22.2 Å². The number of piperazine rings is 1. The van der Waals surface area contributed by atoms with Gasteiger partial charge in [-0.25, -0.2) is 4.98 Å². The molecule has 0 saturated carbocycles. The van der Waals surface area contributed by atoms with Crippen molar-refractivity contribution in [2.45, 2.75) is 6.04 Å². The van der Waals surface area contributed by atoms with Gasteiger partial charge in [-0.05, 0) is 6.07 Å². The van der Waals surface area contributed by atoms with Crippen LogP contribution in [0.5, 0.6) is 0 Å². The molecule has 1 amide bonds. The van der Waals surface area contributed by atoms with Gasteiger partial charge in [0.15, 0.2) is 0 Å². The summed E-state index contributed by atoms with van der Waals surface area (Å²) in [6, 6.07) is 3.69. The first-order valence-corrected chi connectivity index (χ1v) is 7.79. The molecule has 1 unspecified atom stereocenters. The number of benzene rings is 1. The Kier molecular flexibility index (Phi) is 5.99. The largest absolute Gasteiger partial charge is 0.336 e. The molecule has 1 aliphatic rings. The molecule has 1 aromatic carbocycles. The lowest BCUT2D eigenvalue weighted by molar-refractivity contribution is -0.384. The number of rotatable bonds is 3. The molecule has 0 spiro atoms. The number of imidazole rings is 1. The van der Waals surface area contributed by atoms with Gasteiger partial charge in [0.05, 0.1) is 4.92 Å². The summed E-state index contributed by atoms with van der Waals surface area (Å²) in [5, 5.41) is 14.4. The fraction of sp³-hybridized carbons (Fsp3) is 0.333. The zero-order valence-corrected chi connectivity index (χ0v) is 15.0. The van der Waals surface area contributed by atoms with E-state index in [1.165, 1.54) is 18.2 Å². The second-order valence-corrected chi connectivity index (χ2v) is 6.01. The highest BCUT2D eigenvalue weighted by molar-refractivity contribution is 6.31. The highest BCUT2D eigenvalue weighted by Crippen LogP contribution is 2.26. The quantitative estimate of drug-likeness (QED) is 0.645. The molecule has 0 bridgehead atoms. The number of hydrogen-bond donors (Lipinski definition) is 1. The molecule has 0 radical (unpaired) electrons. The number of nitrogens with zero attached hydrogens (tertiary/aromatic N) is 4. The number of hydrogen-bond acceptors (Lipinski definition) is 5. The summed E-state index contributed by atoms with van der Waals surface area (Å²) in [6.45, 7) is 1.70. The summed E-state index contributed by atoms with van der Waals surface area (Å²) in [5.74, 6) is 0.460. The Bertz CT molecular complexity index is 795. The molecule has 2 aromatic rings. The summed E-state index contributed by atoms with van der Waals surface area (Å²) >= 11 is 5.93. The molecule has 1 fully saturated rings. The van der Waals surface area contributed by atoms with E-state index in [2.05, 4.69) is 10.3 Å². The Hall–Kier alpha value is -2.16. The number of amides is 1. The van der Waals surface area contributed by atoms with Crippen LogP contribution in [0.25, 0.3) is 0 Å². The fourth-order valence-corrected chi connectivity index (χ4v) is 3.07. The van der Waals surface area contributed by atoms with Crippen molar-refractivity contribution < 1.29 is 9.72 Å². The van der Waals surface area contributed by atoms with Crippen molar-refractivity contribution in [1.82, 2.24) is 19.8 Å². The summed E-state index contributed by atoms with van der Waals surface area (Å²) < 4.78 is 1.86. The van der Waals surface area contributed by atoms with Gasteiger partial charge in [0.2, 0.25) is 0 Å². The smallest absolute Gasteiger partial charge is 0.271 e. The van der Waals surface area contributed by atoms with Gasteiger partial charge in [0.1, 0.15) is 11.9 Å². The Balaban J connectivity index is 0.00000225. The molecule has 10 heteroatoms. The highest BCUT2D eigenvalue weighted by Gasteiger charge is 2.31. The highest BCUT2D eigenvalue weighted by atomic mass is 35.5. The number of halogens is 2. The molecule has 1 N–H and O–H groups in total. The van der Waals surface area contributed by atoms with E-state index in [-0.39, 0.29) is 40.6 Å². The summed E-state index contributed by atoms with van der Waals surface area (Å²) in [7, 11) is 1.86. The molecule has 8 nitrogen and oxygen atoms in total. The Labute approximate surface area is 155 Å². The lowest BCUT2D eigenvalue weighted by atomic mass is 10.1. The molecule has 1 atom stereocenters. The molecular weight excluding hydrogens is 369 g/mol. The third-order valence-corrected chi connectivity index (χ3v) is 4.22. The van der Waals surface area contributed by atoms with Crippen molar-refractivity contribution in [3.8, 4) is 0 Å². The van der Waals surface area contributed by atoms with Gasteiger partial charge in [0.25, 0.3) is 11.6 Å². The average Bonchev–Trinajstić information content (AvgIpc) is 2.99. The third-order valence-electron chi connectivity index (χ3n) is 4.00. The lowest BCUT2D eigenvalue weighted by Gasteiger charge is -2.35. The number of nitro groups is 1. The number of non-ortho nitro benzene ring substituents is 1. The Morgan fingerprint density at radius 3 is 2.84 bits per heavy atom. The maximum absolute atomic E-state index is 12.9. The minimum absolute atomic E-state index is 0. The first kappa shape index (κ1) is 19.2. The maximum Gasteiger partial charge on any atom is 0.271 e. The summed E-state index contributed by atoms with van der Waals surface area (Å²) in [4.78, 5) is 29.4. The standard InChI is InChI=1S/C15H16ClN5O3.ClH/c1-19-4-3-18-14(19)13-9-17-2-5-20(13)15(22)10-6-11(16)8-12(7-10)21(23)24;/h3-4,6-8,13,17H,2,5,9H2,1H3;1H. The zero-order valence-electron chi connectivity index (χ0n) is 13.4. The normalized spacial score (nSPS) is 17.0. The van der Waals surface area contributed by atoms with Gasteiger partial charge in [-0.2, -0.15) is 0 Å². The fourth-order valence-electron chi connectivity index (χ4n) is 2.85. The van der Waals surface area contributed by atoms with E-state index < -0.39 is 4.92 Å². The van der Waals surface area contributed by atoms with E-state index in [4.69, 9.17) is 11.6 Å². The van der Waals surface area contributed by atoms with E-state index in [1.807, 2.05) is 17.8 Å².